The normalized spacial score (nSPS) is 12.4. The molecule has 0 unspecified atom stereocenters. The van der Waals surface area contributed by atoms with Gasteiger partial charge in [0.25, 0.3) is 11.8 Å². The Balaban J connectivity index is 1.30. The molecule has 0 radical (unpaired) electrons. The summed E-state index contributed by atoms with van der Waals surface area (Å²) in [5.74, 6) is 1.18. The maximum atomic E-state index is 13.4. The molecule has 4 aromatic rings. The number of hydrogen-bond acceptors (Lipinski definition) is 6. The van der Waals surface area contributed by atoms with E-state index in [0.29, 0.717) is 47.1 Å². The van der Waals surface area contributed by atoms with Crippen LogP contribution in [0.15, 0.2) is 71.3 Å². The van der Waals surface area contributed by atoms with Crippen molar-refractivity contribution in [2.24, 2.45) is 0 Å². The van der Waals surface area contributed by atoms with Gasteiger partial charge in [-0.15, -0.1) is 0 Å². The zero-order valence-corrected chi connectivity index (χ0v) is 16.2. The van der Waals surface area contributed by atoms with Crippen LogP contribution >= 0.6 is 0 Å². The molecular weight excluding hydrogens is 401 g/mol. The fraction of sp³-hybridized carbons (Fsp3) is 0.0870. The SMILES string of the molecule is O=C(Nc1ccc2c(c1)OCCO2)c1ccc(-c2nc(-c3cccc(F)c3)no2)cc1. The summed E-state index contributed by atoms with van der Waals surface area (Å²) in [5.41, 5.74) is 2.23. The predicted octanol–water partition coefficient (Wildman–Crippen LogP) is 4.57. The van der Waals surface area contributed by atoms with Crippen molar-refractivity contribution in [3.63, 3.8) is 0 Å². The first-order chi connectivity index (χ1) is 15.2. The van der Waals surface area contributed by atoms with Crippen LogP contribution in [0.1, 0.15) is 10.4 Å². The molecule has 0 bridgehead atoms. The number of carbonyl (C=O) groups excluding carboxylic acids is 1. The molecule has 31 heavy (non-hydrogen) atoms. The summed E-state index contributed by atoms with van der Waals surface area (Å²) in [7, 11) is 0. The van der Waals surface area contributed by atoms with Gasteiger partial charge in [-0.3, -0.25) is 4.79 Å². The van der Waals surface area contributed by atoms with Crippen LogP contribution in [-0.4, -0.2) is 29.3 Å². The summed E-state index contributed by atoms with van der Waals surface area (Å²) in [4.78, 5) is 16.9. The van der Waals surface area contributed by atoms with Crippen molar-refractivity contribution in [2.75, 3.05) is 18.5 Å². The first kappa shape index (κ1) is 18.8. The van der Waals surface area contributed by atoms with Gasteiger partial charge in [0, 0.05) is 28.4 Å². The van der Waals surface area contributed by atoms with Gasteiger partial charge in [-0.1, -0.05) is 17.3 Å². The monoisotopic (exact) mass is 417 g/mol. The van der Waals surface area contributed by atoms with Gasteiger partial charge in [-0.2, -0.15) is 4.98 Å². The van der Waals surface area contributed by atoms with Crippen molar-refractivity contribution in [2.45, 2.75) is 0 Å². The van der Waals surface area contributed by atoms with Gasteiger partial charge in [0.15, 0.2) is 11.5 Å². The Morgan fingerprint density at radius 3 is 2.52 bits per heavy atom. The Hall–Kier alpha value is -4.20. The molecule has 0 saturated carbocycles. The van der Waals surface area contributed by atoms with E-state index in [1.807, 2.05) is 0 Å². The minimum absolute atomic E-state index is 0.269. The van der Waals surface area contributed by atoms with Crippen LogP contribution in [0.4, 0.5) is 10.1 Å². The zero-order chi connectivity index (χ0) is 21.2. The molecule has 1 aromatic heterocycles. The van der Waals surface area contributed by atoms with E-state index < -0.39 is 0 Å². The van der Waals surface area contributed by atoms with Crippen LogP contribution < -0.4 is 14.8 Å². The lowest BCUT2D eigenvalue weighted by Gasteiger charge is -2.19. The molecule has 0 atom stereocenters. The van der Waals surface area contributed by atoms with Gasteiger partial charge >= 0.3 is 0 Å². The minimum atomic E-state index is -0.378. The van der Waals surface area contributed by atoms with Crippen molar-refractivity contribution in [3.8, 4) is 34.3 Å². The van der Waals surface area contributed by atoms with Crippen molar-refractivity contribution >= 4 is 11.6 Å². The molecule has 0 spiro atoms. The van der Waals surface area contributed by atoms with E-state index >= 15 is 0 Å². The average molecular weight is 417 g/mol. The summed E-state index contributed by atoms with van der Waals surface area (Å²) in [6.45, 7) is 0.983. The topological polar surface area (TPSA) is 86.5 Å². The van der Waals surface area contributed by atoms with Crippen LogP contribution in [0.2, 0.25) is 0 Å². The Morgan fingerprint density at radius 2 is 1.71 bits per heavy atom. The molecule has 8 heteroatoms. The number of nitrogens with zero attached hydrogens (tertiary/aromatic N) is 2. The molecule has 2 heterocycles. The second kappa shape index (κ2) is 7.91. The largest absolute Gasteiger partial charge is 0.486 e. The van der Waals surface area contributed by atoms with Crippen LogP contribution in [0.5, 0.6) is 11.5 Å². The first-order valence-corrected chi connectivity index (χ1v) is 9.57. The number of nitrogens with one attached hydrogen (secondary N) is 1. The van der Waals surface area contributed by atoms with Crippen molar-refractivity contribution < 1.29 is 23.2 Å². The molecule has 3 aromatic carbocycles. The number of fused-ring (bicyclic) bond motifs is 1. The third-order valence-corrected chi connectivity index (χ3v) is 4.70. The molecule has 7 nitrogen and oxygen atoms in total. The highest BCUT2D eigenvalue weighted by atomic mass is 19.1. The van der Waals surface area contributed by atoms with Gasteiger partial charge in [0.2, 0.25) is 5.82 Å². The molecule has 0 aliphatic carbocycles. The fourth-order valence-electron chi connectivity index (χ4n) is 3.17. The highest BCUT2D eigenvalue weighted by molar-refractivity contribution is 6.04. The summed E-state index contributed by atoms with van der Waals surface area (Å²) in [6.07, 6.45) is 0. The van der Waals surface area contributed by atoms with Crippen LogP contribution in [0.25, 0.3) is 22.8 Å². The standard InChI is InChI=1S/C23H16FN3O4/c24-17-3-1-2-16(12-17)21-26-23(31-27-21)15-6-4-14(5-7-15)22(28)25-18-8-9-19-20(13-18)30-11-10-29-19/h1-9,12-13H,10-11H2,(H,25,28). The van der Waals surface area contributed by atoms with Gasteiger partial charge in [-0.25, -0.2) is 4.39 Å². The van der Waals surface area contributed by atoms with E-state index in [9.17, 15) is 9.18 Å². The van der Waals surface area contributed by atoms with Crippen LogP contribution in [-0.2, 0) is 0 Å². The van der Waals surface area contributed by atoms with Crippen molar-refractivity contribution in [1.29, 1.82) is 0 Å². The number of anilines is 1. The number of carbonyl (C=O) groups is 1. The maximum Gasteiger partial charge on any atom is 0.258 e. The van der Waals surface area contributed by atoms with E-state index in [0.717, 1.165) is 0 Å². The second-order valence-corrected chi connectivity index (χ2v) is 6.82. The number of amides is 1. The van der Waals surface area contributed by atoms with Crippen LogP contribution in [0.3, 0.4) is 0 Å². The molecule has 0 fully saturated rings. The van der Waals surface area contributed by atoms with Crippen molar-refractivity contribution in [1.82, 2.24) is 10.1 Å². The van der Waals surface area contributed by atoms with E-state index in [4.69, 9.17) is 14.0 Å². The average Bonchev–Trinajstić information content (AvgIpc) is 3.29. The molecule has 1 aliphatic heterocycles. The fourth-order valence-corrected chi connectivity index (χ4v) is 3.17. The quantitative estimate of drug-likeness (QED) is 0.524. The summed E-state index contributed by atoms with van der Waals surface area (Å²) >= 11 is 0. The van der Waals surface area contributed by atoms with E-state index in [1.54, 1.807) is 54.6 Å². The lowest BCUT2D eigenvalue weighted by atomic mass is 10.1. The Kier molecular flexibility index (Phi) is 4.80. The van der Waals surface area contributed by atoms with Gasteiger partial charge in [0.1, 0.15) is 19.0 Å². The number of halogens is 1. The molecule has 5 rings (SSSR count). The van der Waals surface area contributed by atoms with E-state index in [1.165, 1.54) is 12.1 Å². The van der Waals surface area contributed by atoms with Crippen LogP contribution in [0, 0.1) is 5.82 Å². The Labute approximate surface area is 176 Å². The van der Waals surface area contributed by atoms with Gasteiger partial charge in [0.05, 0.1) is 0 Å². The third-order valence-electron chi connectivity index (χ3n) is 4.70. The molecule has 1 N–H and O–H groups in total. The molecule has 154 valence electrons. The predicted molar refractivity (Wildman–Crippen MR) is 111 cm³/mol. The zero-order valence-electron chi connectivity index (χ0n) is 16.2. The molecule has 1 amide bonds. The second-order valence-electron chi connectivity index (χ2n) is 6.82. The Morgan fingerprint density at radius 1 is 0.903 bits per heavy atom. The summed E-state index contributed by atoms with van der Waals surface area (Å²) in [5, 5.41) is 6.74. The maximum absolute atomic E-state index is 13.4. The number of rotatable bonds is 4. The highest BCUT2D eigenvalue weighted by Crippen LogP contribution is 2.32. The summed E-state index contributed by atoms with van der Waals surface area (Å²) < 4.78 is 29.7. The summed E-state index contributed by atoms with van der Waals surface area (Å²) in [6, 6.07) is 17.9. The number of aromatic nitrogens is 2. The lowest BCUT2D eigenvalue weighted by molar-refractivity contribution is 0.102. The van der Waals surface area contributed by atoms with Gasteiger partial charge < -0.3 is 19.3 Å². The molecular formula is C23H16FN3O4. The molecule has 0 saturated heterocycles. The number of hydrogen-bond donors (Lipinski definition) is 1. The Bertz CT molecular complexity index is 1250. The highest BCUT2D eigenvalue weighted by Gasteiger charge is 2.15. The van der Waals surface area contributed by atoms with E-state index in [-0.39, 0.29) is 23.4 Å². The first-order valence-electron chi connectivity index (χ1n) is 9.57. The van der Waals surface area contributed by atoms with E-state index in [2.05, 4.69) is 15.5 Å². The van der Waals surface area contributed by atoms with Gasteiger partial charge in [-0.05, 0) is 48.5 Å². The lowest BCUT2D eigenvalue weighted by Crippen LogP contribution is -2.16. The third kappa shape index (κ3) is 3.95. The van der Waals surface area contributed by atoms with Crippen molar-refractivity contribution in [3.05, 3.63) is 78.1 Å². The molecule has 1 aliphatic rings. The number of ether oxygens (including phenoxy) is 2. The number of benzene rings is 3. The minimum Gasteiger partial charge on any atom is -0.486 e. The smallest absolute Gasteiger partial charge is 0.258 e.